The van der Waals surface area contributed by atoms with Gasteiger partial charge in [0.25, 0.3) is 0 Å². The van der Waals surface area contributed by atoms with Crippen molar-refractivity contribution in [3.05, 3.63) is 35.6 Å². The van der Waals surface area contributed by atoms with Gasteiger partial charge in [-0.3, -0.25) is 9.79 Å². The van der Waals surface area contributed by atoms with Crippen LogP contribution in [0.5, 0.6) is 0 Å². The number of guanidine groups is 1. The summed E-state index contributed by atoms with van der Waals surface area (Å²) in [6.07, 6.45) is 3.33. The topological polar surface area (TPSA) is 56.7 Å². The number of rotatable bonds is 6. The van der Waals surface area contributed by atoms with Gasteiger partial charge in [-0.1, -0.05) is 12.1 Å². The Morgan fingerprint density at radius 2 is 2.08 bits per heavy atom. The number of hydrogen-bond donors (Lipinski definition) is 2. The highest BCUT2D eigenvalue weighted by Gasteiger charge is 2.22. The molecule has 1 amide bonds. The van der Waals surface area contributed by atoms with Crippen molar-refractivity contribution in [3.63, 3.8) is 0 Å². The molecule has 1 heterocycles. The van der Waals surface area contributed by atoms with Gasteiger partial charge in [0, 0.05) is 39.6 Å². The molecule has 1 saturated heterocycles. The molecule has 1 aromatic rings. The summed E-state index contributed by atoms with van der Waals surface area (Å²) in [7, 11) is 1.69. The molecular formula is C19H30FIN4O. The predicted molar refractivity (Wildman–Crippen MR) is 114 cm³/mol. The highest BCUT2D eigenvalue weighted by Crippen LogP contribution is 2.20. The Labute approximate surface area is 172 Å². The van der Waals surface area contributed by atoms with E-state index in [4.69, 9.17) is 4.99 Å². The SMILES string of the molecule is CCNC(=NCCc1cccc(F)c1)N1CCC(CC(=O)NC)CC1.I. The third-order valence-electron chi connectivity index (χ3n) is 4.55. The molecule has 1 aliphatic rings. The van der Waals surface area contributed by atoms with Crippen LogP contribution in [0.25, 0.3) is 0 Å². The second kappa shape index (κ2) is 12.1. The number of hydrogen-bond acceptors (Lipinski definition) is 2. The van der Waals surface area contributed by atoms with E-state index in [2.05, 4.69) is 22.5 Å². The van der Waals surface area contributed by atoms with E-state index in [9.17, 15) is 9.18 Å². The molecule has 0 saturated carbocycles. The van der Waals surface area contributed by atoms with Gasteiger partial charge in [0.15, 0.2) is 5.96 Å². The highest BCUT2D eigenvalue weighted by molar-refractivity contribution is 14.0. The van der Waals surface area contributed by atoms with Gasteiger partial charge in [0.05, 0.1) is 0 Å². The minimum atomic E-state index is -0.202. The van der Waals surface area contributed by atoms with Crippen molar-refractivity contribution in [1.29, 1.82) is 0 Å². The van der Waals surface area contributed by atoms with E-state index in [0.717, 1.165) is 50.4 Å². The maximum Gasteiger partial charge on any atom is 0.220 e. The lowest BCUT2D eigenvalue weighted by atomic mass is 9.93. The van der Waals surface area contributed by atoms with Crippen molar-refractivity contribution < 1.29 is 9.18 Å². The van der Waals surface area contributed by atoms with E-state index in [-0.39, 0.29) is 35.7 Å². The van der Waals surface area contributed by atoms with Crippen LogP contribution in [0.2, 0.25) is 0 Å². The van der Waals surface area contributed by atoms with Crippen LogP contribution in [0, 0.1) is 11.7 Å². The van der Waals surface area contributed by atoms with E-state index >= 15 is 0 Å². The summed E-state index contributed by atoms with van der Waals surface area (Å²) < 4.78 is 13.2. The fourth-order valence-electron chi connectivity index (χ4n) is 3.12. The minimum absolute atomic E-state index is 0. The molecule has 26 heavy (non-hydrogen) atoms. The predicted octanol–water partition coefficient (Wildman–Crippen LogP) is 2.80. The number of aliphatic imine (C=N–C) groups is 1. The Kier molecular flexibility index (Phi) is 10.5. The number of halogens is 2. The van der Waals surface area contributed by atoms with E-state index < -0.39 is 0 Å². The number of carbonyl (C=O) groups is 1. The largest absolute Gasteiger partial charge is 0.359 e. The monoisotopic (exact) mass is 476 g/mol. The smallest absolute Gasteiger partial charge is 0.220 e. The minimum Gasteiger partial charge on any atom is -0.359 e. The average molecular weight is 476 g/mol. The van der Waals surface area contributed by atoms with Crippen molar-refractivity contribution in [2.24, 2.45) is 10.9 Å². The van der Waals surface area contributed by atoms with E-state index in [1.54, 1.807) is 19.2 Å². The molecule has 0 radical (unpaired) electrons. The van der Waals surface area contributed by atoms with Crippen molar-refractivity contribution in [2.75, 3.05) is 33.2 Å². The van der Waals surface area contributed by atoms with Crippen LogP contribution >= 0.6 is 24.0 Å². The number of nitrogens with one attached hydrogen (secondary N) is 2. The first-order chi connectivity index (χ1) is 12.1. The Hall–Kier alpha value is -1.38. The molecule has 7 heteroatoms. The average Bonchev–Trinajstić information content (AvgIpc) is 2.62. The van der Waals surface area contributed by atoms with Crippen LogP contribution in [0.15, 0.2) is 29.3 Å². The van der Waals surface area contributed by atoms with E-state index in [1.807, 2.05) is 6.07 Å². The Morgan fingerprint density at radius 3 is 2.69 bits per heavy atom. The lowest BCUT2D eigenvalue weighted by Gasteiger charge is -2.34. The van der Waals surface area contributed by atoms with Crippen molar-refractivity contribution in [3.8, 4) is 0 Å². The molecule has 0 spiro atoms. The first-order valence-corrected chi connectivity index (χ1v) is 9.10. The summed E-state index contributed by atoms with van der Waals surface area (Å²) in [6.45, 7) is 5.32. The molecule has 0 bridgehead atoms. The van der Waals surface area contributed by atoms with Gasteiger partial charge in [-0.2, -0.15) is 0 Å². The maximum atomic E-state index is 13.2. The molecule has 0 unspecified atom stereocenters. The lowest BCUT2D eigenvalue weighted by molar-refractivity contribution is -0.121. The van der Waals surface area contributed by atoms with Gasteiger partial charge in [0.1, 0.15) is 5.82 Å². The van der Waals surface area contributed by atoms with Gasteiger partial charge in [0.2, 0.25) is 5.91 Å². The quantitative estimate of drug-likeness (QED) is 0.377. The molecule has 1 aliphatic heterocycles. The number of nitrogens with zero attached hydrogens (tertiary/aromatic N) is 2. The molecule has 0 atom stereocenters. The van der Waals surface area contributed by atoms with Crippen LogP contribution in [-0.2, 0) is 11.2 Å². The summed E-state index contributed by atoms with van der Waals surface area (Å²) in [4.78, 5) is 18.5. The molecule has 146 valence electrons. The van der Waals surface area contributed by atoms with Crippen LogP contribution < -0.4 is 10.6 Å². The number of benzene rings is 1. The van der Waals surface area contributed by atoms with Gasteiger partial charge in [-0.25, -0.2) is 4.39 Å². The number of amides is 1. The lowest BCUT2D eigenvalue weighted by Crippen LogP contribution is -2.46. The third kappa shape index (κ3) is 7.47. The molecule has 2 N–H and O–H groups in total. The zero-order chi connectivity index (χ0) is 18.1. The molecule has 0 aromatic heterocycles. The fraction of sp³-hybridized carbons (Fsp3) is 0.579. The Balaban J connectivity index is 0.00000338. The molecule has 5 nitrogen and oxygen atoms in total. The highest BCUT2D eigenvalue weighted by atomic mass is 127. The maximum absolute atomic E-state index is 13.2. The van der Waals surface area contributed by atoms with Crippen molar-refractivity contribution in [1.82, 2.24) is 15.5 Å². The Bertz CT molecular complexity index is 589. The van der Waals surface area contributed by atoms with Crippen molar-refractivity contribution >= 4 is 35.8 Å². The van der Waals surface area contributed by atoms with Gasteiger partial charge in [-0.05, 0) is 49.8 Å². The van der Waals surface area contributed by atoms with E-state index in [0.29, 0.717) is 18.9 Å². The molecule has 0 aliphatic carbocycles. The van der Waals surface area contributed by atoms with Crippen LogP contribution in [0.3, 0.4) is 0 Å². The fourth-order valence-corrected chi connectivity index (χ4v) is 3.12. The summed E-state index contributed by atoms with van der Waals surface area (Å²) >= 11 is 0. The molecule has 2 rings (SSSR count). The van der Waals surface area contributed by atoms with E-state index in [1.165, 1.54) is 6.07 Å². The third-order valence-corrected chi connectivity index (χ3v) is 4.55. The summed E-state index contributed by atoms with van der Waals surface area (Å²) in [5.74, 6) is 1.28. The summed E-state index contributed by atoms with van der Waals surface area (Å²) in [6, 6.07) is 6.68. The molecule has 1 fully saturated rings. The first-order valence-electron chi connectivity index (χ1n) is 9.10. The molecule has 1 aromatic carbocycles. The zero-order valence-electron chi connectivity index (χ0n) is 15.6. The van der Waals surface area contributed by atoms with Gasteiger partial charge >= 0.3 is 0 Å². The second-order valence-electron chi connectivity index (χ2n) is 6.42. The van der Waals surface area contributed by atoms with Gasteiger partial charge in [-0.15, -0.1) is 24.0 Å². The van der Waals surface area contributed by atoms with Crippen LogP contribution in [0.4, 0.5) is 4.39 Å². The first kappa shape index (κ1) is 22.7. The summed E-state index contributed by atoms with van der Waals surface area (Å²) in [5, 5.41) is 6.04. The number of likely N-dealkylation sites (tertiary alicyclic amines) is 1. The summed E-state index contributed by atoms with van der Waals surface area (Å²) in [5.41, 5.74) is 0.962. The normalized spacial score (nSPS) is 15.3. The van der Waals surface area contributed by atoms with Gasteiger partial charge < -0.3 is 15.5 Å². The second-order valence-corrected chi connectivity index (χ2v) is 6.42. The van der Waals surface area contributed by atoms with Crippen LogP contribution in [-0.4, -0.2) is 50.0 Å². The van der Waals surface area contributed by atoms with Crippen LogP contribution in [0.1, 0.15) is 31.7 Å². The Morgan fingerprint density at radius 1 is 1.35 bits per heavy atom. The zero-order valence-corrected chi connectivity index (χ0v) is 18.0. The molecular weight excluding hydrogens is 446 g/mol. The standard InChI is InChI=1S/C19H29FN4O.HI/c1-3-22-19(23-10-7-15-5-4-6-17(20)13-15)24-11-8-16(9-12-24)14-18(25)21-2;/h4-6,13,16H,3,7-12,14H2,1-2H3,(H,21,25)(H,22,23);1H. The number of piperidine rings is 1. The number of carbonyl (C=O) groups excluding carboxylic acids is 1. The van der Waals surface area contributed by atoms with Crippen molar-refractivity contribution in [2.45, 2.75) is 32.6 Å².